The minimum Gasteiger partial charge on any atom is -0.494 e. The fraction of sp³-hybridized carbons (Fsp3) is 0.500. The Hall–Kier alpha value is -0.250. The van der Waals surface area contributed by atoms with Crippen LogP contribution >= 0.6 is 28.3 Å². The molecule has 1 saturated heterocycles. The van der Waals surface area contributed by atoms with Crippen LogP contribution in [0.4, 0.5) is 0 Å². The van der Waals surface area contributed by atoms with Crippen LogP contribution in [0.5, 0.6) is 5.75 Å². The van der Waals surface area contributed by atoms with E-state index in [0.717, 1.165) is 23.4 Å². The summed E-state index contributed by atoms with van der Waals surface area (Å²) in [7, 11) is 0. The van der Waals surface area contributed by atoms with E-state index in [1.807, 2.05) is 19.1 Å². The average Bonchev–Trinajstić information content (AvgIpc) is 2.74. The Bertz CT molecular complexity index is 340. The highest BCUT2D eigenvalue weighted by molar-refractivity contribution is 9.10. The number of rotatable bonds is 3. The molecule has 1 atom stereocenters. The monoisotopic (exact) mass is 305 g/mol. The van der Waals surface area contributed by atoms with Gasteiger partial charge in [0.1, 0.15) is 5.75 Å². The van der Waals surface area contributed by atoms with Crippen molar-refractivity contribution >= 4 is 28.3 Å². The smallest absolute Gasteiger partial charge is 0.124 e. The Balaban J connectivity index is 0.00000128. The standard InChI is InChI=1S/C12H16BrNO.ClH/c1-2-15-12-6-5-9(13)8-10(12)11-4-3-7-14-11;/h5-6,8,11,14H,2-4,7H2,1H3;1H/t11-;/m1./s1. The molecule has 2 nitrogen and oxygen atoms in total. The van der Waals surface area contributed by atoms with E-state index in [2.05, 4.69) is 27.3 Å². The molecule has 90 valence electrons. The fourth-order valence-electron chi connectivity index (χ4n) is 2.03. The molecule has 1 N–H and O–H groups in total. The Morgan fingerprint density at radius 3 is 2.94 bits per heavy atom. The van der Waals surface area contributed by atoms with Gasteiger partial charge in [-0.1, -0.05) is 15.9 Å². The number of hydrogen-bond acceptors (Lipinski definition) is 2. The van der Waals surface area contributed by atoms with Crippen LogP contribution in [0.3, 0.4) is 0 Å². The van der Waals surface area contributed by atoms with Crippen molar-refractivity contribution in [2.24, 2.45) is 0 Å². The van der Waals surface area contributed by atoms with Gasteiger partial charge in [-0.25, -0.2) is 0 Å². The van der Waals surface area contributed by atoms with Crippen LogP contribution in [0.25, 0.3) is 0 Å². The van der Waals surface area contributed by atoms with Gasteiger partial charge in [0, 0.05) is 16.1 Å². The zero-order valence-electron chi connectivity index (χ0n) is 9.33. The molecule has 0 aliphatic carbocycles. The summed E-state index contributed by atoms with van der Waals surface area (Å²) in [5.74, 6) is 1.01. The molecule has 1 aromatic rings. The number of benzene rings is 1. The summed E-state index contributed by atoms with van der Waals surface area (Å²) in [6.07, 6.45) is 2.46. The summed E-state index contributed by atoms with van der Waals surface area (Å²) in [6.45, 7) is 3.86. The SMILES string of the molecule is CCOc1ccc(Br)cc1[C@H]1CCCN1.Cl. The molecule has 1 fully saturated rings. The quantitative estimate of drug-likeness (QED) is 0.919. The van der Waals surface area contributed by atoms with E-state index in [4.69, 9.17) is 4.74 Å². The molecule has 16 heavy (non-hydrogen) atoms. The van der Waals surface area contributed by atoms with Gasteiger partial charge in [0.15, 0.2) is 0 Å². The highest BCUT2D eigenvalue weighted by Gasteiger charge is 2.19. The molecular formula is C12H17BrClNO. The molecule has 0 radical (unpaired) electrons. The van der Waals surface area contributed by atoms with Crippen LogP contribution < -0.4 is 10.1 Å². The molecule has 0 spiro atoms. The van der Waals surface area contributed by atoms with Crippen molar-refractivity contribution < 1.29 is 4.74 Å². The topological polar surface area (TPSA) is 21.3 Å². The van der Waals surface area contributed by atoms with E-state index in [9.17, 15) is 0 Å². The van der Waals surface area contributed by atoms with E-state index in [-0.39, 0.29) is 12.4 Å². The second-order valence-electron chi connectivity index (χ2n) is 3.76. The Morgan fingerprint density at radius 1 is 1.50 bits per heavy atom. The van der Waals surface area contributed by atoms with Crippen molar-refractivity contribution in [2.75, 3.05) is 13.2 Å². The van der Waals surface area contributed by atoms with E-state index in [1.54, 1.807) is 0 Å². The second-order valence-corrected chi connectivity index (χ2v) is 4.68. The lowest BCUT2D eigenvalue weighted by atomic mass is 10.0. The van der Waals surface area contributed by atoms with Crippen molar-refractivity contribution in [1.29, 1.82) is 0 Å². The Kier molecular flexibility index (Phi) is 5.59. The predicted molar refractivity (Wildman–Crippen MR) is 72.5 cm³/mol. The van der Waals surface area contributed by atoms with Gasteiger partial charge in [-0.2, -0.15) is 0 Å². The first-order valence-corrected chi connectivity index (χ1v) is 6.26. The number of halogens is 2. The van der Waals surface area contributed by atoms with Crippen LogP contribution in [0, 0.1) is 0 Å². The van der Waals surface area contributed by atoms with Crippen molar-refractivity contribution in [1.82, 2.24) is 5.32 Å². The van der Waals surface area contributed by atoms with Gasteiger partial charge in [0.25, 0.3) is 0 Å². The number of ether oxygens (including phenoxy) is 1. The fourth-order valence-corrected chi connectivity index (χ4v) is 2.41. The maximum atomic E-state index is 5.64. The molecule has 1 aliphatic heterocycles. The van der Waals surface area contributed by atoms with Crippen molar-refractivity contribution in [2.45, 2.75) is 25.8 Å². The lowest BCUT2D eigenvalue weighted by Crippen LogP contribution is -2.14. The minimum absolute atomic E-state index is 0. The first-order valence-electron chi connectivity index (χ1n) is 5.47. The molecule has 1 aliphatic rings. The maximum Gasteiger partial charge on any atom is 0.124 e. The normalized spacial score (nSPS) is 19.2. The molecule has 0 amide bonds. The third-order valence-corrected chi connectivity index (χ3v) is 3.20. The second kappa shape index (κ2) is 6.48. The Labute approximate surface area is 111 Å². The lowest BCUT2D eigenvalue weighted by molar-refractivity contribution is 0.333. The maximum absolute atomic E-state index is 5.64. The van der Waals surface area contributed by atoms with Crippen LogP contribution in [-0.4, -0.2) is 13.2 Å². The zero-order chi connectivity index (χ0) is 10.7. The summed E-state index contributed by atoms with van der Waals surface area (Å²) in [6, 6.07) is 6.70. The Morgan fingerprint density at radius 2 is 2.31 bits per heavy atom. The molecule has 1 heterocycles. The van der Waals surface area contributed by atoms with Crippen LogP contribution in [-0.2, 0) is 0 Å². The van der Waals surface area contributed by atoms with E-state index < -0.39 is 0 Å². The number of nitrogens with one attached hydrogen (secondary N) is 1. The summed E-state index contributed by atoms with van der Waals surface area (Å²) in [4.78, 5) is 0. The molecular weight excluding hydrogens is 289 g/mol. The van der Waals surface area contributed by atoms with Gasteiger partial charge in [-0.3, -0.25) is 0 Å². The molecule has 0 aromatic heterocycles. The van der Waals surface area contributed by atoms with E-state index >= 15 is 0 Å². The van der Waals surface area contributed by atoms with Gasteiger partial charge < -0.3 is 10.1 Å². The van der Waals surface area contributed by atoms with Gasteiger partial charge in [-0.05, 0) is 44.5 Å². The first kappa shape index (κ1) is 13.8. The van der Waals surface area contributed by atoms with Gasteiger partial charge in [0.05, 0.1) is 6.61 Å². The largest absolute Gasteiger partial charge is 0.494 e. The molecule has 0 bridgehead atoms. The highest BCUT2D eigenvalue weighted by Crippen LogP contribution is 2.33. The highest BCUT2D eigenvalue weighted by atomic mass is 79.9. The van der Waals surface area contributed by atoms with Crippen LogP contribution in [0.15, 0.2) is 22.7 Å². The van der Waals surface area contributed by atoms with E-state index in [1.165, 1.54) is 18.4 Å². The predicted octanol–water partition coefficient (Wildman–Crippen LogP) is 3.69. The number of hydrogen-bond donors (Lipinski definition) is 1. The van der Waals surface area contributed by atoms with Crippen molar-refractivity contribution in [3.63, 3.8) is 0 Å². The summed E-state index contributed by atoms with van der Waals surface area (Å²) in [5.41, 5.74) is 1.28. The third-order valence-electron chi connectivity index (χ3n) is 2.71. The van der Waals surface area contributed by atoms with Crippen LogP contribution in [0.2, 0.25) is 0 Å². The molecule has 0 saturated carbocycles. The minimum atomic E-state index is 0. The van der Waals surface area contributed by atoms with Gasteiger partial charge >= 0.3 is 0 Å². The summed E-state index contributed by atoms with van der Waals surface area (Å²) >= 11 is 3.51. The van der Waals surface area contributed by atoms with Gasteiger partial charge in [-0.15, -0.1) is 12.4 Å². The first-order chi connectivity index (χ1) is 7.31. The van der Waals surface area contributed by atoms with Gasteiger partial charge in [0.2, 0.25) is 0 Å². The van der Waals surface area contributed by atoms with Crippen molar-refractivity contribution in [3.05, 3.63) is 28.2 Å². The van der Waals surface area contributed by atoms with Crippen LogP contribution in [0.1, 0.15) is 31.4 Å². The lowest BCUT2D eigenvalue weighted by Gasteiger charge is -2.16. The van der Waals surface area contributed by atoms with E-state index in [0.29, 0.717) is 6.04 Å². The molecule has 1 aromatic carbocycles. The third kappa shape index (κ3) is 3.12. The van der Waals surface area contributed by atoms with Crippen molar-refractivity contribution in [3.8, 4) is 5.75 Å². The average molecular weight is 307 g/mol. The molecule has 4 heteroatoms. The zero-order valence-corrected chi connectivity index (χ0v) is 11.7. The molecule has 2 rings (SSSR count). The molecule has 0 unspecified atom stereocenters. The summed E-state index contributed by atoms with van der Waals surface area (Å²) < 4.78 is 6.76. The summed E-state index contributed by atoms with van der Waals surface area (Å²) in [5, 5.41) is 3.50.